The first-order valence-corrected chi connectivity index (χ1v) is 7.47. The van der Waals surface area contributed by atoms with Gasteiger partial charge in [-0.15, -0.1) is 0 Å². The van der Waals surface area contributed by atoms with Gasteiger partial charge in [0.05, 0.1) is 13.2 Å². The van der Waals surface area contributed by atoms with Crippen molar-refractivity contribution in [2.45, 2.75) is 6.54 Å². The van der Waals surface area contributed by atoms with E-state index in [0.29, 0.717) is 5.75 Å². The van der Waals surface area contributed by atoms with Crippen molar-refractivity contribution in [2.24, 2.45) is 0 Å². The summed E-state index contributed by atoms with van der Waals surface area (Å²) in [5.41, 5.74) is 0.786. The molecule has 2 rings (SSSR count). The zero-order valence-electron chi connectivity index (χ0n) is 13.8. The molecular weight excluding hydrogens is 344 g/mol. The Kier molecular flexibility index (Phi) is 6.49. The van der Waals surface area contributed by atoms with Crippen molar-refractivity contribution in [1.29, 1.82) is 0 Å². The van der Waals surface area contributed by atoms with Gasteiger partial charge < -0.3 is 19.2 Å². The predicted octanol–water partition coefficient (Wildman–Crippen LogP) is 2.07. The van der Waals surface area contributed by atoms with E-state index in [1.54, 1.807) is 12.1 Å². The van der Waals surface area contributed by atoms with Gasteiger partial charge in [-0.05, 0) is 18.2 Å². The van der Waals surface area contributed by atoms with Crippen LogP contribution in [-0.2, 0) is 20.9 Å². The van der Waals surface area contributed by atoms with Crippen molar-refractivity contribution in [2.75, 3.05) is 13.7 Å². The molecule has 1 amide bonds. The van der Waals surface area contributed by atoms with E-state index in [-0.39, 0.29) is 12.3 Å². The molecule has 0 spiro atoms. The number of para-hydroxylation sites is 1. The quantitative estimate of drug-likeness (QED) is 0.331. The first kappa shape index (κ1) is 18.7. The van der Waals surface area contributed by atoms with Gasteiger partial charge in [-0.1, -0.05) is 18.2 Å². The maximum Gasteiger partial charge on any atom is 0.433 e. The number of carbonyl (C=O) groups excluding carboxylic acids is 2. The molecule has 1 aromatic heterocycles. The molecule has 0 aliphatic rings. The van der Waals surface area contributed by atoms with Crippen LogP contribution in [0.5, 0.6) is 5.75 Å². The van der Waals surface area contributed by atoms with Crippen LogP contribution in [0.1, 0.15) is 11.3 Å². The molecule has 2 aromatic rings. The van der Waals surface area contributed by atoms with Crippen LogP contribution in [0.25, 0.3) is 6.08 Å². The van der Waals surface area contributed by atoms with Crippen molar-refractivity contribution >= 4 is 23.8 Å². The number of rotatable bonds is 8. The molecule has 9 heteroatoms. The lowest BCUT2D eigenvalue weighted by molar-refractivity contribution is -0.402. The highest BCUT2D eigenvalue weighted by Gasteiger charge is 2.11. The lowest BCUT2D eigenvalue weighted by Gasteiger charge is -2.09. The summed E-state index contributed by atoms with van der Waals surface area (Å²) in [7, 11) is 1.53. The number of nitrogens with zero attached hydrogens (tertiary/aromatic N) is 1. The number of furan rings is 1. The number of ether oxygens (including phenoxy) is 2. The van der Waals surface area contributed by atoms with Crippen LogP contribution in [0.15, 0.2) is 46.9 Å². The number of carbonyl (C=O) groups is 2. The van der Waals surface area contributed by atoms with Gasteiger partial charge in [-0.3, -0.25) is 14.9 Å². The Morgan fingerprint density at radius 1 is 1.27 bits per heavy atom. The number of hydrogen-bond donors (Lipinski definition) is 1. The van der Waals surface area contributed by atoms with Crippen molar-refractivity contribution in [3.8, 4) is 5.75 Å². The Labute approximate surface area is 148 Å². The Balaban J connectivity index is 1.76. The van der Waals surface area contributed by atoms with E-state index >= 15 is 0 Å². The fourth-order valence-electron chi connectivity index (χ4n) is 1.96. The molecule has 0 atom stereocenters. The maximum absolute atomic E-state index is 11.7. The summed E-state index contributed by atoms with van der Waals surface area (Å²) in [5, 5.41) is 13.1. The molecule has 1 heterocycles. The lowest BCUT2D eigenvalue weighted by Crippen LogP contribution is -2.28. The number of amides is 1. The molecule has 136 valence electrons. The van der Waals surface area contributed by atoms with E-state index in [2.05, 4.69) is 5.32 Å². The number of hydrogen-bond acceptors (Lipinski definition) is 7. The molecule has 0 unspecified atom stereocenters. The monoisotopic (exact) mass is 360 g/mol. The van der Waals surface area contributed by atoms with Gasteiger partial charge in [0, 0.05) is 18.2 Å². The highest BCUT2D eigenvalue weighted by molar-refractivity contribution is 5.88. The summed E-state index contributed by atoms with van der Waals surface area (Å²) in [5.74, 6) is -0.939. The fourth-order valence-corrected chi connectivity index (χ4v) is 1.96. The molecule has 1 aromatic carbocycles. The Morgan fingerprint density at radius 2 is 2.04 bits per heavy atom. The summed E-state index contributed by atoms with van der Waals surface area (Å²) in [4.78, 5) is 33.1. The van der Waals surface area contributed by atoms with E-state index in [1.165, 1.54) is 19.3 Å². The maximum atomic E-state index is 11.7. The van der Waals surface area contributed by atoms with Crippen LogP contribution in [0, 0.1) is 10.1 Å². The van der Waals surface area contributed by atoms with Crippen LogP contribution in [0.3, 0.4) is 0 Å². The molecule has 0 bridgehead atoms. The van der Waals surface area contributed by atoms with Gasteiger partial charge in [0.2, 0.25) is 0 Å². The third kappa shape index (κ3) is 5.48. The normalized spacial score (nSPS) is 10.5. The molecular formula is C17H16N2O7. The second kappa shape index (κ2) is 9.02. The molecule has 0 aliphatic heterocycles. The third-order valence-corrected chi connectivity index (χ3v) is 3.19. The van der Waals surface area contributed by atoms with Gasteiger partial charge in [0.1, 0.15) is 16.4 Å². The molecule has 9 nitrogen and oxygen atoms in total. The average Bonchev–Trinajstić information content (AvgIpc) is 3.12. The first-order valence-electron chi connectivity index (χ1n) is 7.47. The minimum atomic E-state index is -0.781. The summed E-state index contributed by atoms with van der Waals surface area (Å²) in [6.45, 7) is -0.233. The van der Waals surface area contributed by atoms with Crippen LogP contribution in [-0.4, -0.2) is 30.5 Å². The van der Waals surface area contributed by atoms with E-state index in [9.17, 15) is 19.7 Å². The van der Waals surface area contributed by atoms with Crippen LogP contribution in [0.2, 0.25) is 0 Å². The molecule has 0 radical (unpaired) electrons. The van der Waals surface area contributed by atoms with Crippen LogP contribution < -0.4 is 10.1 Å². The molecule has 0 fully saturated rings. The summed E-state index contributed by atoms with van der Waals surface area (Å²) < 4.78 is 14.8. The van der Waals surface area contributed by atoms with E-state index in [1.807, 2.05) is 12.1 Å². The van der Waals surface area contributed by atoms with Crippen LogP contribution >= 0.6 is 0 Å². The van der Waals surface area contributed by atoms with E-state index < -0.39 is 29.3 Å². The van der Waals surface area contributed by atoms with Crippen molar-refractivity contribution < 1.29 is 28.4 Å². The van der Waals surface area contributed by atoms with Crippen molar-refractivity contribution in [1.82, 2.24) is 5.32 Å². The number of nitrogens with one attached hydrogen (secondary N) is 1. The predicted molar refractivity (Wildman–Crippen MR) is 90.2 cm³/mol. The van der Waals surface area contributed by atoms with Gasteiger partial charge >= 0.3 is 11.9 Å². The van der Waals surface area contributed by atoms with Crippen LogP contribution in [0.4, 0.5) is 5.88 Å². The third-order valence-electron chi connectivity index (χ3n) is 3.19. The minimum Gasteiger partial charge on any atom is -0.496 e. The summed E-state index contributed by atoms with van der Waals surface area (Å²) in [6.07, 6.45) is 2.22. The second-order valence-electron chi connectivity index (χ2n) is 4.96. The zero-order valence-corrected chi connectivity index (χ0v) is 13.8. The van der Waals surface area contributed by atoms with Gasteiger partial charge in [0.25, 0.3) is 5.91 Å². The van der Waals surface area contributed by atoms with Crippen molar-refractivity contribution in [3.05, 3.63) is 63.9 Å². The highest BCUT2D eigenvalue weighted by atomic mass is 16.6. The SMILES string of the molecule is COc1ccccc1CNC(=O)COC(=O)/C=C/c1ccc([N+](=O)[O-])o1. The standard InChI is InChI=1S/C17H16N2O7/c1-24-14-5-3-2-4-12(14)10-18-15(20)11-25-17(21)9-7-13-6-8-16(26-13)19(22)23/h2-9H,10-11H2,1H3,(H,18,20)/b9-7+. The number of nitro groups is 1. The summed E-state index contributed by atoms with van der Waals surface area (Å²) in [6, 6.07) is 9.69. The average molecular weight is 360 g/mol. The van der Waals surface area contributed by atoms with E-state index in [4.69, 9.17) is 13.9 Å². The molecule has 26 heavy (non-hydrogen) atoms. The largest absolute Gasteiger partial charge is 0.496 e. The first-order chi connectivity index (χ1) is 12.5. The Hall–Kier alpha value is -3.62. The smallest absolute Gasteiger partial charge is 0.433 e. The van der Waals surface area contributed by atoms with Gasteiger partial charge in [-0.2, -0.15) is 0 Å². The number of benzene rings is 1. The van der Waals surface area contributed by atoms with Gasteiger partial charge in [-0.25, -0.2) is 4.79 Å². The fraction of sp³-hybridized carbons (Fsp3) is 0.176. The Morgan fingerprint density at radius 3 is 2.73 bits per heavy atom. The zero-order chi connectivity index (χ0) is 18.9. The molecule has 0 aliphatic carbocycles. The van der Waals surface area contributed by atoms with Gasteiger partial charge in [0.15, 0.2) is 6.61 Å². The minimum absolute atomic E-state index is 0.120. The second-order valence-corrected chi connectivity index (χ2v) is 4.96. The topological polar surface area (TPSA) is 121 Å². The Bertz CT molecular complexity index is 826. The molecule has 0 saturated carbocycles. The van der Waals surface area contributed by atoms with E-state index in [0.717, 1.165) is 17.7 Å². The number of esters is 1. The molecule has 1 N–H and O–H groups in total. The lowest BCUT2D eigenvalue weighted by atomic mass is 10.2. The highest BCUT2D eigenvalue weighted by Crippen LogP contribution is 2.17. The van der Waals surface area contributed by atoms with Crippen molar-refractivity contribution in [3.63, 3.8) is 0 Å². The molecule has 0 saturated heterocycles. The number of methoxy groups -OCH3 is 1. The summed E-state index contributed by atoms with van der Waals surface area (Å²) >= 11 is 0.